The Labute approximate surface area is 185 Å². The molecule has 2 heterocycles. The first kappa shape index (κ1) is 17.6. The van der Waals surface area contributed by atoms with Gasteiger partial charge in [0.2, 0.25) is 0 Å². The smallest absolute Gasteiger partial charge is 0.0489 e. The lowest BCUT2D eigenvalue weighted by atomic mass is 9.94. The zero-order valence-corrected chi connectivity index (χ0v) is 18.1. The van der Waals surface area contributed by atoms with Crippen LogP contribution in [0, 0.1) is 0 Å². The summed E-state index contributed by atoms with van der Waals surface area (Å²) in [5, 5.41) is 10.5. The molecule has 0 bridgehead atoms. The van der Waals surface area contributed by atoms with Crippen molar-refractivity contribution in [2.45, 2.75) is 0 Å². The van der Waals surface area contributed by atoms with Crippen molar-refractivity contribution >= 4 is 54.1 Å². The van der Waals surface area contributed by atoms with Gasteiger partial charge in [-0.25, -0.2) is 0 Å². The molecule has 0 radical (unpaired) electrons. The molecule has 32 heavy (non-hydrogen) atoms. The Morgan fingerprint density at radius 2 is 1.00 bits per heavy atom. The van der Waals surface area contributed by atoms with E-state index in [0.717, 1.165) is 0 Å². The minimum absolute atomic E-state index is 1.25. The van der Waals surface area contributed by atoms with Gasteiger partial charge in [0.05, 0.1) is 0 Å². The highest BCUT2D eigenvalue weighted by molar-refractivity contribution is 6.25. The zero-order chi connectivity index (χ0) is 21.4. The normalized spacial score (nSPS) is 12.1. The Bertz CT molecular complexity index is 1830. The molecule has 2 aromatic heterocycles. The topological polar surface area (TPSA) is 9.86 Å². The lowest BCUT2D eigenvalue weighted by Crippen LogP contribution is -1.90. The third kappa shape index (κ3) is 2.24. The molecule has 0 spiro atoms. The maximum Gasteiger partial charge on any atom is 0.0489 e. The fourth-order valence-corrected chi connectivity index (χ4v) is 5.50. The van der Waals surface area contributed by atoms with E-state index in [0.29, 0.717) is 0 Å². The van der Waals surface area contributed by atoms with Gasteiger partial charge in [0.15, 0.2) is 0 Å². The predicted molar refractivity (Wildman–Crippen MR) is 137 cm³/mol. The fraction of sp³-hybridized carbons (Fsp3) is 0.0667. The van der Waals surface area contributed by atoms with E-state index in [4.69, 9.17) is 0 Å². The van der Waals surface area contributed by atoms with Crippen LogP contribution in [0.3, 0.4) is 0 Å². The van der Waals surface area contributed by atoms with Gasteiger partial charge in [-0.3, -0.25) is 0 Å². The molecule has 0 saturated carbocycles. The number of hydrogen-bond acceptors (Lipinski definition) is 0. The first-order valence-electron chi connectivity index (χ1n) is 11.1. The fourth-order valence-electron chi connectivity index (χ4n) is 5.50. The number of aryl methyl sites for hydroxylation is 2. The molecular formula is C30H22N2. The van der Waals surface area contributed by atoms with Gasteiger partial charge in [0.1, 0.15) is 0 Å². The maximum atomic E-state index is 2.34. The van der Waals surface area contributed by atoms with Crippen molar-refractivity contribution in [3.63, 3.8) is 0 Å². The maximum absolute atomic E-state index is 2.34. The SMILES string of the molecule is Cn1ccc2c3ccc4c(ccc5c4ccc4c5cc(-c5ccccc5)n4C)c3ccc21. The van der Waals surface area contributed by atoms with Gasteiger partial charge in [0, 0.05) is 47.8 Å². The van der Waals surface area contributed by atoms with Gasteiger partial charge in [-0.15, -0.1) is 0 Å². The molecule has 2 nitrogen and oxygen atoms in total. The molecule has 0 aliphatic heterocycles. The third-order valence-electron chi connectivity index (χ3n) is 7.15. The molecule has 0 fully saturated rings. The van der Waals surface area contributed by atoms with Crippen LogP contribution < -0.4 is 0 Å². The van der Waals surface area contributed by atoms with E-state index in [9.17, 15) is 0 Å². The van der Waals surface area contributed by atoms with E-state index in [1.165, 1.54) is 65.4 Å². The van der Waals surface area contributed by atoms with E-state index in [1.54, 1.807) is 0 Å². The highest BCUT2D eigenvalue weighted by Crippen LogP contribution is 2.38. The Kier molecular flexibility index (Phi) is 3.44. The lowest BCUT2D eigenvalue weighted by Gasteiger charge is -2.10. The number of rotatable bonds is 1. The summed E-state index contributed by atoms with van der Waals surface area (Å²) in [5.41, 5.74) is 5.04. The number of nitrogens with zero attached hydrogens (tertiary/aromatic N) is 2. The van der Waals surface area contributed by atoms with Crippen molar-refractivity contribution in [1.29, 1.82) is 0 Å². The minimum Gasteiger partial charge on any atom is -0.351 e. The standard InChI is InChI=1S/C30H22N2/c1-31-17-16-26-24-10-8-21-20(22(24)12-14-28(26)31)9-11-25-23(21)13-15-29-27(25)18-30(32(29)2)19-6-4-3-5-7-19/h3-18H,1-2H3. The molecule has 0 aliphatic carbocycles. The van der Waals surface area contributed by atoms with Gasteiger partial charge in [-0.05, 0) is 62.1 Å². The van der Waals surface area contributed by atoms with Crippen LogP contribution >= 0.6 is 0 Å². The number of fused-ring (bicyclic) bond motifs is 9. The van der Waals surface area contributed by atoms with Gasteiger partial charge in [-0.2, -0.15) is 0 Å². The number of hydrogen-bond donors (Lipinski definition) is 0. The molecule has 0 atom stereocenters. The van der Waals surface area contributed by atoms with Gasteiger partial charge in [-0.1, -0.05) is 66.7 Å². The highest BCUT2D eigenvalue weighted by Gasteiger charge is 2.13. The van der Waals surface area contributed by atoms with Crippen LogP contribution in [0.15, 0.2) is 97.2 Å². The van der Waals surface area contributed by atoms with Crippen molar-refractivity contribution < 1.29 is 0 Å². The molecule has 0 N–H and O–H groups in total. The first-order chi connectivity index (χ1) is 15.7. The second-order valence-electron chi connectivity index (χ2n) is 8.79. The summed E-state index contributed by atoms with van der Waals surface area (Å²) in [6, 6.07) is 33.5. The van der Waals surface area contributed by atoms with Gasteiger partial charge in [0.25, 0.3) is 0 Å². The van der Waals surface area contributed by atoms with Gasteiger partial charge < -0.3 is 9.13 Å². The molecule has 5 aromatic carbocycles. The molecule has 7 aromatic rings. The van der Waals surface area contributed by atoms with Crippen LogP contribution in [0.2, 0.25) is 0 Å². The molecule has 152 valence electrons. The molecule has 0 aliphatic rings. The summed E-state index contributed by atoms with van der Waals surface area (Å²) in [5.74, 6) is 0. The van der Waals surface area contributed by atoms with Crippen molar-refractivity contribution in [3.8, 4) is 11.3 Å². The highest BCUT2D eigenvalue weighted by atomic mass is 14.9. The second kappa shape index (κ2) is 6.24. The van der Waals surface area contributed by atoms with E-state index in [2.05, 4.69) is 120 Å². The van der Waals surface area contributed by atoms with Crippen LogP contribution in [0.1, 0.15) is 0 Å². The summed E-state index contributed by atoms with van der Waals surface area (Å²) in [6.07, 6.45) is 2.14. The number of aromatic nitrogens is 2. The quantitative estimate of drug-likeness (QED) is 0.244. The zero-order valence-electron chi connectivity index (χ0n) is 18.1. The van der Waals surface area contributed by atoms with E-state index >= 15 is 0 Å². The van der Waals surface area contributed by atoms with Crippen LogP contribution in [0.5, 0.6) is 0 Å². The monoisotopic (exact) mass is 410 g/mol. The van der Waals surface area contributed by atoms with Crippen LogP contribution in [0.25, 0.3) is 65.4 Å². The molecule has 2 heteroatoms. The summed E-state index contributed by atoms with van der Waals surface area (Å²) < 4.78 is 4.50. The average molecular weight is 411 g/mol. The van der Waals surface area contributed by atoms with Crippen molar-refractivity contribution in [2.24, 2.45) is 14.1 Å². The molecule has 7 rings (SSSR count). The van der Waals surface area contributed by atoms with E-state index < -0.39 is 0 Å². The second-order valence-corrected chi connectivity index (χ2v) is 8.79. The molecule has 0 amide bonds. The van der Waals surface area contributed by atoms with Crippen LogP contribution in [-0.2, 0) is 14.1 Å². The summed E-state index contributed by atoms with van der Waals surface area (Å²) in [6.45, 7) is 0. The van der Waals surface area contributed by atoms with Crippen LogP contribution in [0.4, 0.5) is 0 Å². The Morgan fingerprint density at radius 1 is 0.469 bits per heavy atom. The number of benzene rings is 5. The van der Waals surface area contributed by atoms with Crippen LogP contribution in [-0.4, -0.2) is 9.13 Å². The molecule has 0 unspecified atom stereocenters. The molecule has 0 saturated heterocycles. The third-order valence-corrected chi connectivity index (χ3v) is 7.15. The lowest BCUT2D eigenvalue weighted by molar-refractivity contribution is 0.969. The van der Waals surface area contributed by atoms with E-state index in [1.807, 2.05) is 0 Å². The minimum atomic E-state index is 1.25. The van der Waals surface area contributed by atoms with Gasteiger partial charge >= 0.3 is 0 Å². The van der Waals surface area contributed by atoms with Crippen molar-refractivity contribution in [3.05, 3.63) is 97.2 Å². The largest absolute Gasteiger partial charge is 0.351 e. The first-order valence-corrected chi connectivity index (χ1v) is 11.1. The van der Waals surface area contributed by atoms with Crippen molar-refractivity contribution in [2.75, 3.05) is 0 Å². The summed E-state index contributed by atoms with van der Waals surface area (Å²) >= 11 is 0. The average Bonchev–Trinajstić information content (AvgIpc) is 3.39. The Balaban J connectivity index is 1.56. The Morgan fingerprint density at radius 3 is 1.66 bits per heavy atom. The summed E-state index contributed by atoms with van der Waals surface area (Å²) in [7, 11) is 4.27. The summed E-state index contributed by atoms with van der Waals surface area (Å²) in [4.78, 5) is 0. The Hall–Kier alpha value is -4.04. The van der Waals surface area contributed by atoms with E-state index in [-0.39, 0.29) is 0 Å². The van der Waals surface area contributed by atoms with Crippen molar-refractivity contribution in [1.82, 2.24) is 9.13 Å². The molecular weight excluding hydrogens is 388 g/mol. The predicted octanol–water partition coefficient (Wildman–Crippen LogP) is 7.80.